The topological polar surface area (TPSA) is 52.9 Å². The molecule has 0 saturated heterocycles. The third-order valence-electron chi connectivity index (χ3n) is 2.71. The van der Waals surface area contributed by atoms with Crippen LogP contribution in [0.15, 0.2) is 53.0 Å². The van der Waals surface area contributed by atoms with Crippen molar-refractivity contribution in [3.8, 4) is 6.07 Å². The first-order chi connectivity index (χ1) is 9.61. The van der Waals surface area contributed by atoms with Crippen molar-refractivity contribution in [2.45, 2.75) is 6.04 Å². The Kier molecular flexibility index (Phi) is 5.15. The van der Waals surface area contributed by atoms with E-state index in [1.54, 1.807) is 6.07 Å². The summed E-state index contributed by atoms with van der Waals surface area (Å²) in [5, 5.41) is 12.0. The van der Waals surface area contributed by atoms with Gasteiger partial charge in [0.05, 0.1) is 11.6 Å². The number of nitrogens with one attached hydrogen (secondary N) is 1. The average Bonchev–Trinajstić information content (AvgIpc) is 2.48. The number of amides is 1. The number of nitrogens with zero attached hydrogens (tertiary/aromatic N) is 1. The number of carbonyl (C=O) groups excluding carboxylic acids is 1. The van der Waals surface area contributed by atoms with Crippen molar-refractivity contribution < 1.29 is 4.79 Å². The van der Waals surface area contributed by atoms with Gasteiger partial charge in [-0.2, -0.15) is 5.26 Å². The molecule has 1 atom stereocenters. The molecule has 0 saturated carbocycles. The molecule has 1 unspecified atom stereocenters. The van der Waals surface area contributed by atoms with E-state index in [1.807, 2.05) is 42.5 Å². The molecule has 100 valence electrons. The molecule has 5 heteroatoms. The quantitative estimate of drug-likeness (QED) is 0.732. The fourth-order valence-corrected chi connectivity index (χ4v) is 2.66. The van der Waals surface area contributed by atoms with Crippen molar-refractivity contribution in [3.05, 3.63) is 67.7 Å². The first-order valence-corrected chi connectivity index (χ1v) is 7.69. The lowest BCUT2D eigenvalue weighted by atomic mass is 10.1. The molecule has 1 N–H and O–H groups in total. The molecule has 2 aromatic rings. The van der Waals surface area contributed by atoms with Gasteiger partial charge in [-0.25, -0.2) is 0 Å². The van der Waals surface area contributed by atoms with Gasteiger partial charge in [0.25, 0.3) is 5.91 Å². The number of carbonyl (C=O) groups is 1. The number of nitriles is 1. The van der Waals surface area contributed by atoms with Crippen LogP contribution >= 0.6 is 38.5 Å². The van der Waals surface area contributed by atoms with Crippen LogP contribution in [0.2, 0.25) is 0 Å². The minimum atomic E-state index is -0.654. The van der Waals surface area contributed by atoms with Gasteiger partial charge < -0.3 is 5.32 Å². The first-order valence-electron chi connectivity index (χ1n) is 5.82. The van der Waals surface area contributed by atoms with Crippen molar-refractivity contribution in [1.29, 1.82) is 5.26 Å². The van der Waals surface area contributed by atoms with E-state index >= 15 is 0 Å². The predicted molar refractivity (Wildman–Crippen MR) is 89.1 cm³/mol. The maximum absolute atomic E-state index is 12.3. The molecule has 0 aliphatic heterocycles. The highest BCUT2D eigenvalue weighted by Gasteiger charge is 2.16. The molecule has 2 rings (SSSR count). The van der Waals surface area contributed by atoms with Crippen LogP contribution in [0.25, 0.3) is 0 Å². The zero-order chi connectivity index (χ0) is 14.5. The molecule has 20 heavy (non-hydrogen) atoms. The van der Waals surface area contributed by atoms with Gasteiger partial charge in [0.1, 0.15) is 6.04 Å². The van der Waals surface area contributed by atoms with Gasteiger partial charge in [-0.15, -0.1) is 0 Å². The first kappa shape index (κ1) is 15.0. The number of halogens is 2. The Labute approximate surface area is 139 Å². The summed E-state index contributed by atoms with van der Waals surface area (Å²) >= 11 is 5.45. The summed E-state index contributed by atoms with van der Waals surface area (Å²) in [5.41, 5.74) is 1.32. The van der Waals surface area contributed by atoms with E-state index in [4.69, 9.17) is 0 Å². The van der Waals surface area contributed by atoms with Crippen LogP contribution in [-0.2, 0) is 0 Å². The van der Waals surface area contributed by atoms with Gasteiger partial charge in [0, 0.05) is 8.04 Å². The van der Waals surface area contributed by atoms with E-state index in [9.17, 15) is 10.1 Å². The summed E-state index contributed by atoms with van der Waals surface area (Å²) in [6.45, 7) is 0. The molecule has 0 aliphatic rings. The Balaban J connectivity index is 2.22. The molecule has 0 radical (unpaired) electrons. The van der Waals surface area contributed by atoms with Crippen LogP contribution in [0.3, 0.4) is 0 Å². The fraction of sp³-hybridized carbons (Fsp3) is 0.0667. The molecule has 1 amide bonds. The summed E-state index contributed by atoms with van der Waals surface area (Å²) in [4.78, 5) is 12.3. The smallest absolute Gasteiger partial charge is 0.253 e. The Morgan fingerprint density at radius 2 is 1.95 bits per heavy atom. The van der Waals surface area contributed by atoms with Crippen molar-refractivity contribution in [2.24, 2.45) is 0 Å². The van der Waals surface area contributed by atoms with Crippen LogP contribution in [0.5, 0.6) is 0 Å². The van der Waals surface area contributed by atoms with Gasteiger partial charge in [-0.1, -0.05) is 46.3 Å². The Hall–Kier alpha value is -1.39. The SMILES string of the molecule is N#CC(NC(=O)c1cc(Br)ccc1I)c1ccccc1. The molecule has 0 aliphatic carbocycles. The minimum absolute atomic E-state index is 0.258. The van der Waals surface area contributed by atoms with Crippen molar-refractivity contribution in [1.82, 2.24) is 5.32 Å². The molecule has 0 aromatic heterocycles. The lowest BCUT2D eigenvalue weighted by Gasteiger charge is -2.13. The molecule has 0 heterocycles. The zero-order valence-corrected chi connectivity index (χ0v) is 14.1. The third kappa shape index (κ3) is 3.58. The third-order valence-corrected chi connectivity index (χ3v) is 4.14. The molecule has 0 spiro atoms. The lowest BCUT2D eigenvalue weighted by Crippen LogP contribution is -2.28. The van der Waals surface area contributed by atoms with Crippen LogP contribution in [-0.4, -0.2) is 5.91 Å². The van der Waals surface area contributed by atoms with Crippen molar-refractivity contribution in [2.75, 3.05) is 0 Å². The van der Waals surface area contributed by atoms with E-state index in [2.05, 4.69) is 49.9 Å². The summed E-state index contributed by atoms with van der Waals surface area (Å²) < 4.78 is 1.67. The van der Waals surface area contributed by atoms with E-state index in [0.29, 0.717) is 5.56 Å². The van der Waals surface area contributed by atoms with E-state index < -0.39 is 6.04 Å². The molecular formula is C15H10BrIN2O. The molecular weight excluding hydrogens is 431 g/mol. The number of rotatable bonds is 3. The highest BCUT2D eigenvalue weighted by molar-refractivity contribution is 14.1. The minimum Gasteiger partial charge on any atom is -0.332 e. The molecule has 0 bridgehead atoms. The second-order valence-electron chi connectivity index (χ2n) is 4.07. The summed E-state index contributed by atoms with van der Waals surface area (Å²) in [6.07, 6.45) is 0. The van der Waals surface area contributed by atoms with E-state index in [0.717, 1.165) is 13.6 Å². The molecule has 0 fully saturated rings. The van der Waals surface area contributed by atoms with Crippen LogP contribution in [0.4, 0.5) is 0 Å². The Morgan fingerprint density at radius 3 is 2.60 bits per heavy atom. The standard InChI is InChI=1S/C15H10BrIN2O/c16-11-6-7-13(17)12(8-11)15(20)19-14(9-18)10-4-2-1-3-5-10/h1-8,14H,(H,19,20). The van der Waals surface area contributed by atoms with Gasteiger partial charge in [-0.05, 0) is 46.4 Å². The largest absolute Gasteiger partial charge is 0.332 e. The number of benzene rings is 2. The predicted octanol–water partition coefficient (Wildman–Crippen LogP) is 4.05. The van der Waals surface area contributed by atoms with E-state index in [-0.39, 0.29) is 5.91 Å². The number of hydrogen-bond donors (Lipinski definition) is 1. The van der Waals surface area contributed by atoms with Crippen LogP contribution < -0.4 is 5.32 Å². The second kappa shape index (κ2) is 6.86. The van der Waals surface area contributed by atoms with Gasteiger partial charge >= 0.3 is 0 Å². The zero-order valence-electron chi connectivity index (χ0n) is 10.3. The van der Waals surface area contributed by atoms with Gasteiger partial charge in [0.15, 0.2) is 0 Å². The van der Waals surface area contributed by atoms with E-state index in [1.165, 1.54) is 0 Å². The highest BCUT2D eigenvalue weighted by Crippen LogP contribution is 2.20. The molecule has 3 nitrogen and oxygen atoms in total. The second-order valence-corrected chi connectivity index (χ2v) is 6.15. The van der Waals surface area contributed by atoms with Crippen molar-refractivity contribution in [3.63, 3.8) is 0 Å². The summed E-state index contributed by atoms with van der Waals surface area (Å²) in [6, 6.07) is 16.1. The Bertz CT molecular complexity index is 667. The highest BCUT2D eigenvalue weighted by atomic mass is 127. The lowest BCUT2D eigenvalue weighted by molar-refractivity contribution is 0.0944. The van der Waals surface area contributed by atoms with Gasteiger partial charge in [-0.3, -0.25) is 4.79 Å². The van der Waals surface area contributed by atoms with Crippen LogP contribution in [0, 0.1) is 14.9 Å². The van der Waals surface area contributed by atoms with Crippen LogP contribution in [0.1, 0.15) is 22.0 Å². The Morgan fingerprint density at radius 1 is 1.25 bits per heavy atom. The fourth-order valence-electron chi connectivity index (χ4n) is 1.72. The monoisotopic (exact) mass is 440 g/mol. The molecule has 2 aromatic carbocycles. The van der Waals surface area contributed by atoms with Gasteiger partial charge in [0.2, 0.25) is 0 Å². The number of hydrogen-bond acceptors (Lipinski definition) is 2. The average molecular weight is 441 g/mol. The maximum Gasteiger partial charge on any atom is 0.253 e. The summed E-state index contributed by atoms with van der Waals surface area (Å²) in [5.74, 6) is -0.258. The normalized spacial score (nSPS) is 11.4. The maximum atomic E-state index is 12.3. The van der Waals surface area contributed by atoms with Crippen molar-refractivity contribution >= 4 is 44.4 Å². The summed E-state index contributed by atoms with van der Waals surface area (Å²) in [7, 11) is 0.